The minimum Gasteiger partial charge on any atom is -0.493 e. The van der Waals surface area contributed by atoms with E-state index in [1.54, 1.807) is 30.7 Å². The zero-order valence-corrected chi connectivity index (χ0v) is 18.2. The third-order valence-electron chi connectivity index (χ3n) is 4.76. The molecule has 2 N–H and O–H groups in total. The number of carbonyl (C=O) groups excluding carboxylic acids is 2. The number of nitrogens with zero attached hydrogens (tertiary/aromatic N) is 4. The van der Waals surface area contributed by atoms with Gasteiger partial charge in [-0.3, -0.25) is 14.3 Å². The Labute approximate surface area is 195 Å². The second-order valence-electron chi connectivity index (χ2n) is 7.44. The lowest BCUT2D eigenvalue weighted by Gasteiger charge is -2.06. The monoisotopic (exact) mass is 462 g/mol. The molecule has 2 amide bonds. The molecule has 2 heterocycles. The highest BCUT2D eigenvalue weighted by atomic mass is 19.1. The second kappa shape index (κ2) is 10.9. The van der Waals surface area contributed by atoms with Crippen molar-refractivity contribution in [2.45, 2.75) is 19.5 Å². The minimum atomic E-state index is -0.349. The Morgan fingerprint density at radius 3 is 2.65 bits per heavy atom. The Morgan fingerprint density at radius 2 is 1.82 bits per heavy atom. The van der Waals surface area contributed by atoms with Crippen LogP contribution in [0.25, 0.3) is 5.69 Å². The molecule has 0 aliphatic carbocycles. The number of anilines is 1. The molecule has 9 nitrogen and oxygen atoms in total. The first-order valence-electron chi connectivity index (χ1n) is 10.6. The maximum atomic E-state index is 13.4. The molecule has 0 aliphatic rings. The molecule has 0 saturated heterocycles. The van der Waals surface area contributed by atoms with Crippen molar-refractivity contribution in [1.82, 2.24) is 24.9 Å². The van der Waals surface area contributed by atoms with Gasteiger partial charge in [-0.15, -0.1) is 0 Å². The number of halogens is 1. The van der Waals surface area contributed by atoms with E-state index >= 15 is 0 Å². The van der Waals surface area contributed by atoms with E-state index < -0.39 is 0 Å². The minimum absolute atomic E-state index is 0.00891. The number of rotatable bonds is 10. The summed E-state index contributed by atoms with van der Waals surface area (Å²) < 4.78 is 21.9. The zero-order valence-electron chi connectivity index (χ0n) is 18.2. The van der Waals surface area contributed by atoms with Gasteiger partial charge in [0.05, 0.1) is 36.8 Å². The number of benzene rings is 2. The van der Waals surface area contributed by atoms with Crippen molar-refractivity contribution in [2.24, 2.45) is 0 Å². The fraction of sp³-hybridized carbons (Fsp3) is 0.167. The van der Waals surface area contributed by atoms with Crippen molar-refractivity contribution in [1.29, 1.82) is 0 Å². The molecule has 0 atom stereocenters. The van der Waals surface area contributed by atoms with Crippen LogP contribution in [0.3, 0.4) is 0 Å². The van der Waals surface area contributed by atoms with Crippen molar-refractivity contribution in [2.75, 3.05) is 11.9 Å². The van der Waals surface area contributed by atoms with Crippen molar-refractivity contribution < 1.29 is 18.7 Å². The Morgan fingerprint density at radius 1 is 0.971 bits per heavy atom. The van der Waals surface area contributed by atoms with E-state index in [9.17, 15) is 14.0 Å². The highest BCUT2D eigenvalue weighted by molar-refractivity contribution is 5.90. The number of amides is 2. The van der Waals surface area contributed by atoms with Gasteiger partial charge in [-0.2, -0.15) is 10.2 Å². The van der Waals surface area contributed by atoms with Crippen molar-refractivity contribution in [3.8, 4) is 11.4 Å². The number of hydrogen-bond donors (Lipinski definition) is 2. The van der Waals surface area contributed by atoms with Crippen LogP contribution in [0.4, 0.5) is 10.1 Å². The SMILES string of the molecule is O=C(Cn1cc(NC(=O)CCOc2ccccc2)cn1)NCc1cnn(-c2cccc(F)c2)c1. The molecule has 4 rings (SSSR count). The first kappa shape index (κ1) is 22.7. The molecule has 174 valence electrons. The fourth-order valence-corrected chi connectivity index (χ4v) is 3.13. The predicted molar refractivity (Wildman–Crippen MR) is 123 cm³/mol. The molecule has 0 spiro atoms. The third-order valence-corrected chi connectivity index (χ3v) is 4.76. The van der Waals surface area contributed by atoms with Crippen LogP contribution in [0, 0.1) is 5.82 Å². The standard InChI is InChI=1S/C24H23FN6O3/c25-19-5-4-6-21(11-19)31-15-18(13-28-31)12-26-24(33)17-30-16-20(14-27-30)29-23(32)9-10-34-22-7-2-1-3-8-22/h1-8,11,13-16H,9-10,12,17H2,(H,26,33)(H,29,32). The van der Waals surface area contributed by atoms with E-state index in [1.165, 1.54) is 27.7 Å². The second-order valence-corrected chi connectivity index (χ2v) is 7.44. The van der Waals surface area contributed by atoms with Crippen LogP contribution in [0.15, 0.2) is 79.4 Å². The summed E-state index contributed by atoms with van der Waals surface area (Å²) in [5.41, 5.74) is 1.85. The van der Waals surface area contributed by atoms with Gasteiger partial charge in [0.2, 0.25) is 11.8 Å². The normalized spacial score (nSPS) is 10.6. The number of hydrogen-bond acceptors (Lipinski definition) is 5. The third kappa shape index (κ3) is 6.52. The Balaban J connectivity index is 1.19. The summed E-state index contributed by atoms with van der Waals surface area (Å²) in [5.74, 6) is -0.112. The smallest absolute Gasteiger partial charge is 0.242 e. The van der Waals surface area contributed by atoms with E-state index in [2.05, 4.69) is 20.8 Å². The highest BCUT2D eigenvalue weighted by Crippen LogP contribution is 2.11. The van der Waals surface area contributed by atoms with Crippen molar-refractivity contribution in [3.05, 3.63) is 90.8 Å². The lowest BCUT2D eigenvalue weighted by Crippen LogP contribution is -2.27. The first-order chi connectivity index (χ1) is 16.5. The topological polar surface area (TPSA) is 103 Å². The average Bonchev–Trinajstić information content (AvgIpc) is 3.48. The molecule has 2 aromatic carbocycles. The Kier molecular flexibility index (Phi) is 7.28. The molecule has 0 aliphatic heterocycles. The van der Waals surface area contributed by atoms with E-state index in [0.717, 1.165) is 5.56 Å². The summed E-state index contributed by atoms with van der Waals surface area (Å²) in [6.45, 7) is 0.508. The van der Waals surface area contributed by atoms with Gasteiger partial charge in [0, 0.05) is 24.5 Å². The lowest BCUT2D eigenvalue weighted by molar-refractivity contribution is -0.122. The highest BCUT2D eigenvalue weighted by Gasteiger charge is 2.09. The van der Waals surface area contributed by atoms with Gasteiger partial charge in [-0.05, 0) is 30.3 Å². The molecule has 10 heteroatoms. The van der Waals surface area contributed by atoms with Gasteiger partial charge >= 0.3 is 0 Å². The summed E-state index contributed by atoms with van der Waals surface area (Å²) in [6, 6.07) is 15.3. The van der Waals surface area contributed by atoms with Crippen LogP contribution in [0.1, 0.15) is 12.0 Å². The van der Waals surface area contributed by atoms with E-state index in [-0.39, 0.29) is 43.7 Å². The number of aromatic nitrogens is 4. The predicted octanol–water partition coefficient (Wildman–Crippen LogP) is 2.93. The maximum Gasteiger partial charge on any atom is 0.242 e. The number of carbonyl (C=O) groups is 2. The quantitative estimate of drug-likeness (QED) is 0.377. The van der Waals surface area contributed by atoms with Gasteiger partial charge in [0.25, 0.3) is 0 Å². The largest absolute Gasteiger partial charge is 0.493 e. The van der Waals surface area contributed by atoms with Crippen molar-refractivity contribution in [3.63, 3.8) is 0 Å². The number of ether oxygens (including phenoxy) is 1. The first-order valence-corrected chi connectivity index (χ1v) is 10.6. The van der Waals surface area contributed by atoms with E-state index in [1.807, 2.05) is 30.3 Å². The number of nitrogens with one attached hydrogen (secondary N) is 2. The molecule has 4 aromatic rings. The molecular weight excluding hydrogens is 439 g/mol. The van der Waals surface area contributed by atoms with E-state index in [4.69, 9.17) is 4.74 Å². The average molecular weight is 462 g/mol. The van der Waals surface area contributed by atoms with E-state index in [0.29, 0.717) is 17.1 Å². The summed E-state index contributed by atoms with van der Waals surface area (Å²) in [7, 11) is 0. The number of para-hydroxylation sites is 1. The van der Waals surface area contributed by atoms with Crippen LogP contribution in [-0.2, 0) is 22.7 Å². The van der Waals surface area contributed by atoms with Crippen LogP contribution in [0.5, 0.6) is 5.75 Å². The van der Waals surface area contributed by atoms with Crippen LogP contribution in [-0.4, -0.2) is 38.0 Å². The molecule has 0 saturated carbocycles. The summed E-state index contributed by atoms with van der Waals surface area (Å²) in [6.07, 6.45) is 6.57. The molecule has 0 fully saturated rings. The zero-order chi connectivity index (χ0) is 23.8. The Hall–Kier alpha value is -4.47. The molecule has 0 unspecified atom stereocenters. The molecule has 34 heavy (non-hydrogen) atoms. The van der Waals surface area contributed by atoms with Gasteiger partial charge in [-0.25, -0.2) is 9.07 Å². The maximum absolute atomic E-state index is 13.4. The summed E-state index contributed by atoms with van der Waals surface area (Å²) >= 11 is 0. The molecule has 2 aromatic heterocycles. The van der Waals surface area contributed by atoms with Gasteiger partial charge in [-0.1, -0.05) is 24.3 Å². The van der Waals surface area contributed by atoms with Gasteiger partial charge < -0.3 is 15.4 Å². The molecule has 0 bridgehead atoms. The van der Waals surface area contributed by atoms with Crippen LogP contribution >= 0.6 is 0 Å². The summed E-state index contributed by atoms with van der Waals surface area (Å²) in [4.78, 5) is 24.3. The van der Waals surface area contributed by atoms with Crippen molar-refractivity contribution >= 4 is 17.5 Å². The fourth-order valence-electron chi connectivity index (χ4n) is 3.13. The van der Waals surface area contributed by atoms with Crippen LogP contribution < -0.4 is 15.4 Å². The van der Waals surface area contributed by atoms with Gasteiger partial charge in [0.1, 0.15) is 18.1 Å². The van der Waals surface area contributed by atoms with Crippen LogP contribution in [0.2, 0.25) is 0 Å². The summed E-state index contributed by atoms with van der Waals surface area (Å²) in [5, 5.41) is 13.8. The lowest BCUT2D eigenvalue weighted by atomic mass is 10.3. The Bertz CT molecular complexity index is 1250. The van der Waals surface area contributed by atoms with Gasteiger partial charge in [0.15, 0.2) is 0 Å². The molecule has 0 radical (unpaired) electrons. The molecular formula is C24H23FN6O3.